The molecule has 1 atom stereocenters. The van der Waals surface area contributed by atoms with Crippen molar-refractivity contribution in [1.82, 2.24) is 0 Å². The molecule has 0 aromatic carbocycles. The summed E-state index contributed by atoms with van der Waals surface area (Å²) in [7, 11) is 0. The van der Waals surface area contributed by atoms with Gasteiger partial charge in [0, 0.05) is 12.8 Å². The van der Waals surface area contributed by atoms with Crippen molar-refractivity contribution in [3.8, 4) is 0 Å². The molecule has 0 rings (SSSR count). The van der Waals surface area contributed by atoms with Crippen molar-refractivity contribution in [2.45, 2.75) is 277 Å². The average molecular weight is 867 g/mol. The lowest BCUT2D eigenvalue weighted by Crippen LogP contribution is -2.28. The van der Waals surface area contributed by atoms with Gasteiger partial charge in [0.2, 0.25) is 0 Å². The van der Waals surface area contributed by atoms with E-state index in [1.54, 1.807) is 0 Å². The van der Waals surface area contributed by atoms with Crippen LogP contribution in [-0.4, -0.2) is 36.4 Å². The van der Waals surface area contributed by atoms with E-state index in [1.807, 2.05) is 0 Å². The molecule has 0 amide bonds. The van der Waals surface area contributed by atoms with E-state index in [9.17, 15) is 14.7 Å². The van der Waals surface area contributed by atoms with Gasteiger partial charge in [0.05, 0.1) is 6.61 Å². The van der Waals surface area contributed by atoms with Gasteiger partial charge < -0.3 is 14.6 Å². The predicted molar refractivity (Wildman–Crippen MR) is 270 cm³/mol. The third kappa shape index (κ3) is 50.2. The summed E-state index contributed by atoms with van der Waals surface area (Å²) in [6.07, 6.45) is 70.7. The normalized spacial score (nSPS) is 12.6. The lowest BCUT2D eigenvalue weighted by Gasteiger charge is -2.15. The lowest BCUT2D eigenvalue weighted by atomic mass is 10.0. The van der Waals surface area contributed by atoms with Crippen molar-refractivity contribution < 1.29 is 24.2 Å². The van der Waals surface area contributed by atoms with Gasteiger partial charge in [-0.15, -0.1) is 0 Å². The Morgan fingerprint density at radius 1 is 0.387 bits per heavy atom. The van der Waals surface area contributed by atoms with E-state index in [1.165, 1.54) is 173 Å². The fraction of sp³-hybridized carbons (Fsp3) is 0.789. The molecule has 0 aliphatic heterocycles. The Bertz CT molecular complexity index is 1070. The second-order valence-corrected chi connectivity index (χ2v) is 17.9. The molecule has 0 bridgehead atoms. The summed E-state index contributed by atoms with van der Waals surface area (Å²) in [5.41, 5.74) is 0. The number of ether oxygens (including phenoxy) is 2. The summed E-state index contributed by atoms with van der Waals surface area (Å²) in [6.45, 7) is 4.00. The van der Waals surface area contributed by atoms with E-state index in [-0.39, 0.29) is 25.2 Å². The molecular weight excluding hydrogens is 765 g/mol. The van der Waals surface area contributed by atoms with Crippen molar-refractivity contribution in [1.29, 1.82) is 0 Å². The van der Waals surface area contributed by atoms with E-state index in [2.05, 4.69) is 74.6 Å². The first-order valence-corrected chi connectivity index (χ1v) is 26.8. The number of rotatable bonds is 49. The minimum atomic E-state index is -0.772. The summed E-state index contributed by atoms with van der Waals surface area (Å²) in [4.78, 5) is 24.3. The molecule has 5 nitrogen and oxygen atoms in total. The zero-order chi connectivity index (χ0) is 44.9. The van der Waals surface area contributed by atoms with Gasteiger partial charge in [0.15, 0.2) is 6.10 Å². The number of carbonyl (C=O) groups excluding carboxylic acids is 2. The first kappa shape index (κ1) is 59.6. The largest absolute Gasteiger partial charge is 0.462 e. The highest BCUT2D eigenvalue weighted by atomic mass is 16.6. The summed E-state index contributed by atoms with van der Waals surface area (Å²) in [6, 6.07) is 0. The van der Waals surface area contributed by atoms with Crippen molar-refractivity contribution in [3.05, 3.63) is 60.8 Å². The Labute approximate surface area is 385 Å². The van der Waals surface area contributed by atoms with Crippen LogP contribution < -0.4 is 0 Å². The zero-order valence-electron chi connectivity index (χ0n) is 41.1. The maximum Gasteiger partial charge on any atom is 0.306 e. The monoisotopic (exact) mass is 867 g/mol. The molecular formula is C57H102O5. The van der Waals surface area contributed by atoms with Crippen molar-refractivity contribution in [2.24, 2.45) is 0 Å². The number of aliphatic hydroxyl groups is 1. The first-order valence-electron chi connectivity index (χ1n) is 26.8. The van der Waals surface area contributed by atoms with Crippen LogP contribution in [0.15, 0.2) is 60.8 Å². The molecule has 0 fully saturated rings. The molecule has 0 heterocycles. The third-order valence-corrected chi connectivity index (χ3v) is 11.8. The van der Waals surface area contributed by atoms with Crippen LogP contribution >= 0.6 is 0 Å². The van der Waals surface area contributed by atoms with Crippen LogP contribution in [-0.2, 0) is 19.1 Å². The smallest absolute Gasteiger partial charge is 0.306 e. The van der Waals surface area contributed by atoms with Crippen LogP contribution in [0.5, 0.6) is 0 Å². The van der Waals surface area contributed by atoms with Crippen LogP contribution in [0.1, 0.15) is 271 Å². The summed E-state index contributed by atoms with van der Waals surface area (Å²) < 4.78 is 10.6. The Balaban J connectivity index is 3.38. The molecule has 0 saturated carbocycles. The predicted octanol–water partition coefficient (Wildman–Crippen LogP) is 17.9. The third-order valence-electron chi connectivity index (χ3n) is 11.8. The van der Waals surface area contributed by atoms with Crippen LogP contribution in [0.25, 0.3) is 0 Å². The minimum Gasteiger partial charge on any atom is -0.462 e. The molecule has 360 valence electrons. The second-order valence-electron chi connectivity index (χ2n) is 17.9. The fourth-order valence-electron chi connectivity index (χ4n) is 7.76. The van der Waals surface area contributed by atoms with E-state index in [0.29, 0.717) is 12.8 Å². The van der Waals surface area contributed by atoms with E-state index in [4.69, 9.17) is 9.47 Å². The number of hydrogen-bond donors (Lipinski definition) is 1. The molecule has 0 aromatic heterocycles. The van der Waals surface area contributed by atoms with Gasteiger partial charge in [-0.25, -0.2) is 0 Å². The number of esters is 2. The number of hydrogen-bond acceptors (Lipinski definition) is 5. The van der Waals surface area contributed by atoms with Crippen molar-refractivity contribution >= 4 is 11.9 Å². The molecule has 0 aliphatic carbocycles. The SMILES string of the molecule is CC/C=C\C/C=C\C/C=C\C/C=C\CCCCCCCCCCCCCCCCCCCCCCCCCCC(=O)OC(CO)COC(=O)CCCCCCC/C=C\CCCC. The molecule has 0 aromatic rings. The van der Waals surface area contributed by atoms with Gasteiger partial charge in [-0.1, -0.05) is 248 Å². The molecule has 0 radical (unpaired) electrons. The van der Waals surface area contributed by atoms with Gasteiger partial charge in [0.25, 0.3) is 0 Å². The van der Waals surface area contributed by atoms with Gasteiger partial charge in [0.1, 0.15) is 6.61 Å². The highest BCUT2D eigenvalue weighted by Gasteiger charge is 2.16. The van der Waals surface area contributed by atoms with Crippen molar-refractivity contribution in [3.63, 3.8) is 0 Å². The maximum atomic E-state index is 12.2. The van der Waals surface area contributed by atoms with Crippen LogP contribution in [0, 0.1) is 0 Å². The standard InChI is InChI=1S/C57H102O5/c1-3-5-7-9-11-13-15-16-17-18-19-20-21-22-23-24-25-26-27-28-29-30-31-32-33-34-35-36-37-38-39-40-42-44-46-48-50-52-57(60)62-55(53-58)54-61-56(59)51-49-47-45-43-41-14-12-10-8-6-4-2/h5,7,10-13,16-17,19-20,55,58H,3-4,6,8-9,14-15,18,21-54H2,1-2H3/b7-5-,12-10-,13-11-,17-16-,20-19-. The molecule has 62 heavy (non-hydrogen) atoms. The Morgan fingerprint density at radius 2 is 0.694 bits per heavy atom. The van der Waals surface area contributed by atoms with Gasteiger partial charge in [-0.3, -0.25) is 9.59 Å². The van der Waals surface area contributed by atoms with E-state index in [0.717, 1.165) is 70.6 Å². The van der Waals surface area contributed by atoms with Crippen LogP contribution in [0.3, 0.4) is 0 Å². The molecule has 0 saturated heterocycles. The van der Waals surface area contributed by atoms with Crippen LogP contribution in [0.4, 0.5) is 0 Å². The number of unbranched alkanes of at least 4 members (excludes halogenated alkanes) is 31. The lowest BCUT2D eigenvalue weighted by molar-refractivity contribution is -0.161. The highest BCUT2D eigenvalue weighted by molar-refractivity contribution is 5.70. The molecule has 1 unspecified atom stereocenters. The molecule has 5 heteroatoms. The summed E-state index contributed by atoms with van der Waals surface area (Å²) in [5, 5.41) is 9.59. The van der Waals surface area contributed by atoms with Crippen molar-refractivity contribution in [2.75, 3.05) is 13.2 Å². The molecule has 1 N–H and O–H groups in total. The second kappa shape index (κ2) is 52.9. The quantitative estimate of drug-likeness (QED) is 0.0375. The number of allylic oxidation sites excluding steroid dienone is 10. The fourth-order valence-corrected chi connectivity index (χ4v) is 7.76. The topological polar surface area (TPSA) is 72.8 Å². The minimum absolute atomic E-state index is 0.0675. The zero-order valence-corrected chi connectivity index (χ0v) is 41.1. The van der Waals surface area contributed by atoms with Gasteiger partial charge in [-0.2, -0.15) is 0 Å². The Morgan fingerprint density at radius 3 is 1.06 bits per heavy atom. The maximum absolute atomic E-state index is 12.2. The van der Waals surface area contributed by atoms with Gasteiger partial charge in [-0.05, 0) is 70.6 Å². The summed E-state index contributed by atoms with van der Waals surface area (Å²) >= 11 is 0. The molecule has 0 spiro atoms. The first-order chi connectivity index (χ1) is 30.6. The highest BCUT2D eigenvalue weighted by Crippen LogP contribution is 2.17. The summed E-state index contributed by atoms with van der Waals surface area (Å²) in [5.74, 6) is -0.593. The molecule has 0 aliphatic rings. The number of aliphatic hydroxyl groups excluding tert-OH is 1. The number of carbonyl (C=O) groups is 2. The van der Waals surface area contributed by atoms with E-state index >= 15 is 0 Å². The average Bonchev–Trinajstić information content (AvgIpc) is 3.28. The van der Waals surface area contributed by atoms with Gasteiger partial charge >= 0.3 is 11.9 Å². The van der Waals surface area contributed by atoms with Crippen LogP contribution in [0.2, 0.25) is 0 Å². The Hall–Kier alpha value is -2.40. The Kier molecular flexibility index (Phi) is 50.9. The van der Waals surface area contributed by atoms with E-state index < -0.39 is 6.10 Å².